The molecule has 0 spiro atoms. The molecule has 0 fully saturated rings. The number of hydrogen-bond acceptors (Lipinski definition) is 0. The largest absolute Gasteiger partial charge is 0.316 e. The zero-order valence-electron chi connectivity index (χ0n) is 6.00. The Bertz CT molecular complexity index is 117. The Hall–Kier alpha value is 1.10. The molecule has 0 aliphatic rings. The highest BCUT2D eigenvalue weighted by molar-refractivity contribution is 9.09. The van der Waals surface area contributed by atoms with E-state index >= 15 is 0 Å². The van der Waals surface area contributed by atoms with Crippen molar-refractivity contribution in [2.75, 3.05) is 5.33 Å². The highest BCUT2D eigenvalue weighted by Crippen LogP contribution is 2.03. The molecule has 0 aliphatic carbocycles. The quantitative estimate of drug-likeness (QED) is 0.304. The van der Waals surface area contributed by atoms with Gasteiger partial charge in [-0.1, -0.05) is 34.7 Å². The molecular formula is C8H14BrClMg. The molecule has 0 saturated carbocycles. The lowest BCUT2D eigenvalue weighted by Crippen LogP contribution is -1.77. The van der Waals surface area contributed by atoms with Crippen LogP contribution in [0, 0.1) is 11.3 Å². The van der Waals surface area contributed by atoms with Crippen molar-refractivity contribution in [2.45, 2.75) is 32.1 Å². The van der Waals surface area contributed by atoms with Crippen molar-refractivity contribution in [3.8, 4) is 11.3 Å². The zero-order valence-corrected chi connectivity index (χ0v) is 8.34. The van der Waals surface area contributed by atoms with Crippen molar-refractivity contribution in [3.05, 3.63) is 0 Å². The highest BCUT2D eigenvalue weighted by Gasteiger charge is 1.85. The maximum Gasteiger partial charge on any atom is 0.316 e. The summed E-state index contributed by atoms with van der Waals surface area (Å²) in [5.74, 6) is 2.83. The van der Waals surface area contributed by atoms with Crippen LogP contribution in [0.15, 0.2) is 0 Å². The second-order valence-electron chi connectivity index (χ2n) is 2.12. The highest BCUT2D eigenvalue weighted by atomic mass is 79.9. The van der Waals surface area contributed by atoms with E-state index in [2.05, 4.69) is 27.2 Å². The lowest BCUT2D eigenvalue weighted by Gasteiger charge is -1.93. The second-order valence-corrected chi connectivity index (χ2v) is 3.11. The summed E-state index contributed by atoms with van der Waals surface area (Å²) in [4.78, 5) is 0. The predicted octanol–water partition coefficient (Wildman–Crippen LogP) is 2.62. The molecule has 62 valence electrons. The Balaban J connectivity index is 0. The Labute approximate surface area is 98.7 Å². The summed E-state index contributed by atoms with van der Waals surface area (Å²) in [7, 11) is 0. The van der Waals surface area contributed by atoms with Crippen molar-refractivity contribution in [3.63, 3.8) is 0 Å². The SMILES string of the molecule is ClC#CCCCCCCBr.[MgH2]. The number of alkyl halides is 1. The minimum absolute atomic E-state index is 0. The molecule has 11 heavy (non-hydrogen) atoms. The molecule has 0 aliphatic heterocycles. The molecular weight excluding hydrogens is 236 g/mol. The van der Waals surface area contributed by atoms with E-state index in [9.17, 15) is 0 Å². The van der Waals surface area contributed by atoms with Gasteiger partial charge in [0.2, 0.25) is 0 Å². The number of hydrogen-bond donors (Lipinski definition) is 0. The predicted molar refractivity (Wildman–Crippen MR) is 59.1 cm³/mol. The fraction of sp³-hybridized carbons (Fsp3) is 0.750. The van der Waals surface area contributed by atoms with Crippen molar-refractivity contribution < 1.29 is 0 Å². The normalized spacial score (nSPS) is 7.82. The first-order valence-electron chi connectivity index (χ1n) is 3.56. The van der Waals surface area contributed by atoms with Gasteiger partial charge in [0.15, 0.2) is 0 Å². The van der Waals surface area contributed by atoms with Crippen molar-refractivity contribution in [2.24, 2.45) is 0 Å². The summed E-state index contributed by atoms with van der Waals surface area (Å²) in [5.41, 5.74) is 0. The summed E-state index contributed by atoms with van der Waals surface area (Å²) in [5, 5.41) is 3.49. The smallest absolute Gasteiger partial charge is 0.0928 e. The Kier molecular flexibility index (Phi) is 18.2. The van der Waals surface area contributed by atoms with Crippen LogP contribution in [0.3, 0.4) is 0 Å². The molecule has 0 radical (unpaired) electrons. The molecule has 0 heterocycles. The van der Waals surface area contributed by atoms with Gasteiger partial charge in [-0.2, -0.15) is 0 Å². The van der Waals surface area contributed by atoms with Crippen molar-refractivity contribution in [1.82, 2.24) is 0 Å². The number of halogens is 2. The fourth-order valence-electron chi connectivity index (χ4n) is 0.709. The van der Waals surface area contributed by atoms with E-state index in [0.717, 1.165) is 11.8 Å². The Morgan fingerprint density at radius 1 is 1.09 bits per heavy atom. The van der Waals surface area contributed by atoms with Gasteiger partial charge in [-0.05, 0) is 24.4 Å². The van der Waals surface area contributed by atoms with Crippen molar-refractivity contribution in [1.29, 1.82) is 0 Å². The molecule has 0 rings (SSSR count). The van der Waals surface area contributed by atoms with E-state index in [1.165, 1.54) is 25.7 Å². The van der Waals surface area contributed by atoms with Crippen LogP contribution in [0.2, 0.25) is 0 Å². The van der Waals surface area contributed by atoms with Gasteiger partial charge in [0.25, 0.3) is 0 Å². The lowest BCUT2D eigenvalue weighted by molar-refractivity contribution is 0.685. The fourth-order valence-corrected chi connectivity index (χ4v) is 1.20. The molecule has 0 atom stereocenters. The van der Waals surface area contributed by atoms with E-state index in [-0.39, 0.29) is 23.1 Å². The van der Waals surface area contributed by atoms with Crippen LogP contribution in [0.5, 0.6) is 0 Å². The third-order valence-corrected chi connectivity index (χ3v) is 1.95. The average molecular weight is 250 g/mol. The van der Waals surface area contributed by atoms with Gasteiger partial charge in [-0.25, -0.2) is 0 Å². The van der Waals surface area contributed by atoms with E-state index in [0.29, 0.717) is 0 Å². The summed E-state index contributed by atoms with van der Waals surface area (Å²) in [6, 6.07) is 0. The van der Waals surface area contributed by atoms with Crippen LogP contribution in [-0.2, 0) is 0 Å². The maximum absolute atomic E-state index is 5.17. The first-order chi connectivity index (χ1) is 4.91. The van der Waals surface area contributed by atoms with Crippen LogP contribution < -0.4 is 0 Å². The molecule has 0 N–H and O–H groups in total. The zero-order chi connectivity index (χ0) is 7.66. The third-order valence-electron chi connectivity index (χ3n) is 1.25. The van der Waals surface area contributed by atoms with Crippen LogP contribution in [0.1, 0.15) is 32.1 Å². The van der Waals surface area contributed by atoms with Gasteiger partial charge < -0.3 is 0 Å². The van der Waals surface area contributed by atoms with Gasteiger partial charge in [-0.3, -0.25) is 0 Å². The van der Waals surface area contributed by atoms with E-state index in [1.54, 1.807) is 0 Å². The molecule has 0 bridgehead atoms. The van der Waals surface area contributed by atoms with Crippen LogP contribution in [0.25, 0.3) is 0 Å². The molecule has 0 aromatic heterocycles. The molecule has 0 nitrogen and oxygen atoms in total. The van der Waals surface area contributed by atoms with Gasteiger partial charge >= 0.3 is 23.1 Å². The lowest BCUT2D eigenvalue weighted by atomic mass is 10.2. The molecule has 0 amide bonds. The molecule has 0 aromatic carbocycles. The van der Waals surface area contributed by atoms with Crippen molar-refractivity contribution >= 4 is 50.6 Å². The Morgan fingerprint density at radius 2 is 1.73 bits per heavy atom. The summed E-state index contributed by atoms with van der Waals surface area (Å²) < 4.78 is 0. The summed E-state index contributed by atoms with van der Waals surface area (Å²) in [6.45, 7) is 0. The second kappa shape index (κ2) is 13.7. The van der Waals surface area contributed by atoms with Crippen LogP contribution in [0.4, 0.5) is 0 Å². The van der Waals surface area contributed by atoms with Crippen LogP contribution in [-0.4, -0.2) is 28.4 Å². The van der Waals surface area contributed by atoms with Gasteiger partial charge in [-0.15, -0.1) is 0 Å². The van der Waals surface area contributed by atoms with E-state index < -0.39 is 0 Å². The summed E-state index contributed by atoms with van der Waals surface area (Å²) in [6.07, 6.45) is 5.99. The topological polar surface area (TPSA) is 0 Å². The summed E-state index contributed by atoms with van der Waals surface area (Å²) >= 11 is 8.56. The molecule has 0 aromatic rings. The van der Waals surface area contributed by atoms with E-state index in [4.69, 9.17) is 11.6 Å². The maximum atomic E-state index is 5.17. The minimum atomic E-state index is 0. The monoisotopic (exact) mass is 248 g/mol. The molecule has 3 heteroatoms. The average Bonchev–Trinajstić information content (AvgIpc) is 1.97. The standard InChI is InChI=1S/C8H12BrCl.Mg.2H/c9-7-5-3-1-2-4-6-8-10;;;/h1-5,7H2;;;. The van der Waals surface area contributed by atoms with Gasteiger partial charge in [0.05, 0.1) is 0 Å². The van der Waals surface area contributed by atoms with Gasteiger partial charge in [0, 0.05) is 17.1 Å². The first kappa shape index (κ1) is 14.6. The number of rotatable bonds is 5. The molecule has 0 saturated heterocycles. The van der Waals surface area contributed by atoms with Gasteiger partial charge in [0.1, 0.15) is 0 Å². The van der Waals surface area contributed by atoms with E-state index in [1.807, 2.05) is 0 Å². The minimum Gasteiger partial charge on any atom is -0.0928 e. The Morgan fingerprint density at radius 3 is 2.27 bits per heavy atom. The first-order valence-corrected chi connectivity index (χ1v) is 5.06. The molecule has 0 unspecified atom stereocenters. The third kappa shape index (κ3) is 14.0. The van der Waals surface area contributed by atoms with Crippen LogP contribution >= 0.6 is 27.5 Å². The number of unbranched alkanes of at least 4 members (excludes halogenated alkanes) is 4.